The van der Waals surface area contributed by atoms with Crippen LogP contribution in [0.25, 0.3) is 0 Å². The lowest BCUT2D eigenvalue weighted by molar-refractivity contribution is -0.128. The Balaban J connectivity index is 2.40. The van der Waals surface area contributed by atoms with Crippen LogP contribution in [0.1, 0.15) is 33.1 Å². The SMILES string of the molecule is CCC(CC)CN1CC(O)CC1=O. The Morgan fingerprint density at radius 2 is 2.15 bits per heavy atom. The van der Waals surface area contributed by atoms with Gasteiger partial charge in [0.1, 0.15) is 0 Å². The van der Waals surface area contributed by atoms with Gasteiger partial charge in [0.25, 0.3) is 0 Å². The third-order valence-corrected chi connectivity index (χ3v) is 2.83. The van der Waals surface area contributed by atoms with Gasteiger partial charge in [0.2, 0.25) is 5.91 Å². The highest BCUT2D eigenvalue weighted by molar-refractivity contribution is 5.78. The molecule has 3 heteroatoms. The second-order valence-electron chi connectivity index (χ2n) is 3.84. The first-order chi connectivity index (χ1) is 6.17. The van der Waals surface area contributed by atoms with Gasteiger partial charge in [-0.25, -0.2) is 0 Å². The maximum absolute atomic E-state index is 11.3. The quantitative estimate of drug-likeness (QED) is 0.710. The number of hydrogen-bond acceptors (Lipinski definition) is 2. The molecule has 1 aliphatic rings. The first-order valence-corrected chi connectivity index (χ1v) is 5.13. The molecule has 0 saturated carbocycles. The Bertz CT molecular complexity index is 178. The monoisotopic (exact) mass is 185 g/mol. The lowest BCUT2D eigenvalue weighted by Gasteiger charge is -2.21. The Morgan fingerprint density at radius 3 is 2.54 bits per heavy atom. The second-order valence-corrected chi connectivity index (χ2v) is 3.84. The van der Waals surface area contributed by atoms with Gasteiger partial charge in [0.15, 0.2) is 0 Å². The standard InChI is InChI=1S/C10H19NO2/c1-3-8(4-2)6-11-7-9(12)5-10(11)13/h8-9,12H,3-7H2,1-2H3. The zero-order chi connectivity index (χ0) is 9.84. The molecule has 1 saturated heterocycles. The number of carbonyl (C=O) groups excluding carboxylic acids is 1. The van der Waals surface area contributed by atoms with Gasteiger partial charge in [0.05, 0.1) is 12.5 Å². The molecule has 0 aromatic heterocycles. The van der Waals surface area contributed by atoms with Crippen LogP contribution in [0.15, 0.2) is 0 Å². The number of aliphatic hydroxyl groups is 1. The molecular weight excluding hydrogens is 166 g/mol. The summed E-state index contributed by atoms with van der Waals surface area (Å²) in [7, 11) is 0. The van der Waals surface area contributed by atoms with Crippen molar-refractivity contribution < 1.29 is 9.90 Å². The van der Waals surface area contributed by atoms with Crippen LogP contribution in [0.4, 0.5) is 0 Å². The number of nitrogens with zero attached hydrogens (tertiary/aromatic N) is 1. The van der Waals surface area contributed by atoms with Crippen molar-refractivity contribution >= 4 is 5.91 Å². The van der Waals surface area contributed by atoms with Crippen LogP contribution >= 0.6 is 0 Å². The predicted octanol–water partition coefficient (Wildman–Crippen LogP) is 1.02. The number of aliphatic hydroxyl groups excluding tert-OH is 1. The lowest BCUT2D eigenvalue weighted by atomic mass is 10.0. The van der Waals surface area contributed by atoms with Crippen molar-refractivity contribution in [2.75, 3.05) is 13.1 Å². The van der Waals surface area contributed by atoms with E-state index in [9.17, 15) is 9.90 Å². The Morgan fingerprint density at radius 1 is 1.54 bits per heavy atom. The molecule has 76 valence electrons. The molecule has 13 heavy (non-hydrogen) atoms. The molecule has 1 unspecified atom stereocenters. The molecule has 1 fully saturated rings. The van der Waals surface area contributed by atoms with Crippen LogP contribution in [0, 0.1) is 5.92 Å². The summed E-state index contributed by atoms with van der Waals surface area (Å²) in [6.45, 7) is 5.65. The summed E-state index contributed by atoms with van der Waals surface area (Å²) in [5.74, 6) is 0.702. The van der Waals surface area contributed by atoms with E-state index in [-0.39, 0.29) is 5.91 Å². The van der Waals surface area contributed by atoms with Crippen LogP contribution in [-0.2, 0) is 4.79 Å². The van der Waals surface area contributed by atoms with Gasteiger partial charge in [0, 0.05) is 13.1 Å². The molecule has 1 amide bonds. The fourth-order valence-electron chi connectivity index (χ4n) is 1.79. The molecule has 0 bridgehead atoms. The smallest absolute Gasteiger partial charge is 0.225 e. The van der Waals surface area contributed by atoms with Crippen molar-refractivity contribution in [3.63, 3.8) is 0 Å². The van der Waals surface area contributed by atoms with Crippen molar-refractivity contribution in [3.8, 4) is 0 Å². The van der Waals surface area contributed by atoms with Crippen LogP contribution in [-0.4, -0.2) is 35.1 Å². The Labute approximate surface area is 79.7 Å². The highest BCUT2D eigenvalue weighted by Crippen LogP contribution is 2.16. The highest BCUT2D eigenvalue weighted by Gasteiger charge is 2.28. The molecular formula is C10H19NO2. The average molecular weight is 185 g/mol. The van der Waals surface area contributed by atoms with Crippen molar-refractivity contribution in [3.05, 3.63) is 0 Å². The molecule has 1 N–H and O–H groups in total. The van der Waals surface area contributed by atoms with E-state index in [1.807, 2.05) is 0 Å². The molecule has 0 spiro atoms. The number of rotatable bonds is 4. The van der Waals surface area contributed by atoms with Crippen molar-refractivity contribution in [1.82, 2.24) is 4.90 Å². The van der Waals surface area contributed by atoms with Crippen LogP contribution in [0.5, 0.6) is 0 Å². The molecule has 0 aromatic carbocycles. The van der Waals surface area contributed by atoms with Crippen molar-refractivity contribution in [1.29, 1.82) is 0 Å². The number of hydrogen-bond donors (Lipinski definition) is 1. The van der Waals surface area contributed by atoms with E-state index in [1.54, 1.807) is 4.90 Å². The maximum atomic E-state index is 11.3. The average Bonchev–Trinajstić information content (AvgIpc) is 2.41. The molecule has 0 aliphatic carbocycles. The number of likely N-dealkylation sites (tertiary alicyclic amines) is 1. The normalized spacial score (nSPS) is 23.2. The molecule has 0 aromatic rings. The lowest BCUT2D eigenvalue weighted by Crippen LogP contribution is -2.31. The van der Waals surface area contributed by atoms with Gasteiger partial charge >= 0.3 is 0 Å². The zero-order valence-electron chi connectivity index (χ0n) is 8.49. The summed E-state index contributed by atoms with van der Waals surface area (Å²) < 4.78 is 0. The molecule has 3 nitrogen and oxygen atoms in total. The highest BCUT2D eigenvalue weighted by atomic mass is 16.3. The van der Waals surface area contributed by atoms with E-state index >= 15 is 0 Å². The van der Waals surface area contributed by atoms with Crippen molar-refractivity contribution in [2.24, 2.45) is 5.92 Å². The molecule has 1 heterocycles. The topological polar surface area (TPSA) is 40.5 Å². The van der Waals surface area contributed by atoms with E-state index in [0.29, 0.717) is 18.9 Å². The van der Waals surface area contributed by atoms with Gasteiger partial charge in [-0.15, -0.1) is 0 Å². The van der Waals surface area contributed by atoms with Crippen molar-refractivity contribution in [2.45, 2.75) is 39.2 Å². The third kappa shape index (κ3) is 2.69. The van der Waals surface area contributed by atoms with Crippen LogP contribution < -0.4 is 0 Å². The van der Waals surface area contributed by atoms with Gasteiger partial charge < -0.3 is 10.0 Å². The summed E-state index contributed by atoms with van der Waals surface area (Å²) in [6, 6.07) is 0. The summed E-state index contributed by atoms with van der Waals surface area (Å²) in [4.78, 5) is 13.1. The van der Waals surface area contributed by atoms with Gasteiger partial charge in [-0.3, -0.25) is 4.79 Å². The fourth-order valence-corrected chi connectivity index (χ4v) is 1.79. The van der Waals surface area contributed by atoms with E-state index < -0.39 is 6.10 Å². The number of β-amino-alcohol motifs (C(OH)–C–C–N with tert-alkyl or cyclic N) is 1. The van der Waals surface area contributed by atoms with Gasteiger partial charge in [-0.05, 0) is 5.92 Å². The summed E-state index contributed by atoms with van der Waals surface area (Å²) in [5, 5.41) is 9.27. The van der Waals surface area contributed by atoms with Crippen LogP contribution in [0.3, 0.4) is 0 Å². The largest absolute Gasteiger partial charge is 0.391 e. The summed E-state index contributed by atoms with van der Waals surface area (Å²) in [6.07, 6.45) is 2.11. The minimum Gasteiger partial charge on any atom is -0.391 e. The summed E-state index contributed by atoms with van der Waals surface area (Å²) in [5.41, 5.74) is 0. The Kier molecular flexibility index (Phi) is 3.72. The van der Waals surface area contributed by atoms with E-state index in [1.165, 1.54) is 0 Å². The van der Waals surface area contributed by atoms with Crippen LogP contribution in [0.2, 0.25) is 0 Å². The zero-order valence-corrected chi connectivity index (χ0v) is 8.49. The third-order valence-electron chi connectivity index (χ3n) is 2.83. The first-order valence-electron chi connectivity index (χ1n) is 5.13. The molecule has 1 atom stereocenters. The Hall–Kier alpha value is -0.570. The first kappa shape index (κ1) is 10.5. The predicted molar refractivity (Wildman–Crippen MR) is 51.3 cm³/mol. The van der Waals surface area contributed by atoms with E-state index in [4.69, 9.17) is 0 Å². The molecule has 1 rings (SSSR count). The minimum absolute atomic E-state index is 0.111. The fraction of sp³-hybridized carbons (Fsp3) is 0.900. The molecule has 1 aliphatic heterocycles. The second kappa shape index (κ2) is 4.61. The van der Waals surface area contributed by atoms with Gasteiger partial charge in [-0.1, -0.05) is 26.7 Å². The minimum atomic E-state index is -0.429. The van der Waals surface area contributed by atoms with E-state index in [2.05, 4.69) is 13.8 Å². The summed E-state index contributed by atoms with van der Waals surface area (Å²) >= 11 is 0. The maximum Gasteiger partial charge on any atom is 0.225 e. The molecule has 0 radical (unpaired) electrons. The number of amides is 1. The van der Waals surface area contributed by atoms with Gasteiger partial charge in [-0.2, -0.15) is 0 Å². The van der Waals surface area contributed by atoms with E-state index in [0.717, 1.165) is 19.4 Å². The number of carbonyl (C=O) groups is 1.